The molecule has 4 nitrogen and oxygen atoms in total. The van der Waals surface area contributed by atoms with E-state index in [9.17, 15) is 4.79 Å². The summed E-state index contributed by atoms with van der Waals surface area (Å²) in [6.07, 6.45) is 3.17. The normalized spacial score (nSPS) is 11.0. The molecule has 0 aliphatic carbocycles. The lowest BCUT2D eigenvalue weighted by atomic mass is 10.0. The summed E-state index contributed by atoms with van der Waals surface area (Å²) in [4.78, 5) is 12.0. The second kappa shape index (κ2) is 7.27. The van der Waals surface area contributed by atoms with Gasteiger partial charge in [0.05, 0.1) is 12.7 Å². The average molecular weight is 288 g/mol. The van der Waals surface area contributed by atoms with Gasteiger partial charge in [-0.3, -0.25) is 4.79 Å². The average Bonchev–Trinajstić information content (AvgIpc) is 2.86. The minimum Gasteiger partial charge on any atom is -0.464 e. The lowest BCUT2D eigenvalue weighted by molar-refractivity contribution is -0.120. The zero-order chi connectivity index (χ0) is 15.2. The standard InChI is InChI=1S/C17H24N2O2/c1-4-7-18-8-9-19-16(20)10-14-11-21-17-13(3)12(2)5-6-15(14)17/h5-6,11,18H,4,7-10H2,1-3H3,(H,19,20). The molecule has 0 spiro atoms. The van der Waals surface area contributed by atoms with E-state index >= 15 is 0 Å². The van der Waals surface area contributed by atoms with Crippen LogP contribution in [0.4, 0.5) is 0 Å². The number of hydrogen-bond acceptors (Lipinski definition) is 3. The molecule has 2 aromatic rings. The molecule has 0 unspecified atom stereocenters. The van der Waals surface area contributed by atoms with E-state index in [-0.39, 0.29) is 5.91 Å². The molecular formula is C17H24N2O2. The maximum absolute atomic E-state index is 12.0. The first-order chi connectivity index (χ1) is 10.1. The van der Waals surface area contributed by atoms with Crippen LogP contribution in [0.5, 0.6) is 0 Å². The zero-order valence-electron chi connectivity index (χ0n) is 13.1. The fourth-order valence-corrected chi connectivity index (χ4v) is 2.35. The predicted molar refractivity (Wildman–Crippen MR) is 85.6 cm³/mol. The molecule has 1 aromatic carbocycles. The first-order valence-corrected chi connectivity index (χ1v) is 7.57. The predicted octanol–water partition coefficient (Wildman–Crippen LogP) is 2.71. The second-order valence-electron chi connectivity index (χ2n) is 5.42. The van der Waals surface area contributed by atoms with E-state index in [1.54, 1.807) is 6.26 Å². The van der Waals surface area contributed by atoms with Gasteiger partial charge in [-0.2, -0.15) is 0 Å². The van der Waals surface area contributed by atoms with Gasteiger partial charge in [0, 0.05) is 24.0 Å². The van der Waals surface area contributed by atoms with Crippen LogP contribution in [0.25, 0.3) is 11.0 Å². The van der Waals surface area contributed by atoms with Crippen LogP contribution in [0.3, 0.4) is 0 Å². The third kappa shape index (κ3) is 3.85. The van der Waals surface area contributed by atoms with Crippen molar-refractivity contribution in [2.75, 3.05) is 19.6 Å². The Morgan fingerprint density at radius 1 is 1.19 bits per heavy atom. The van der Waals surface area contributed by atoms with Crippen LogP contribution in [0, 0.1) is 13.8 Å². The Labute approximate surface area is 125 Å². The molecular weight excluding hydrogens is 264 g/mol. The Morgan fingerprint density at radius 3 is 2.76 bits per heavy atom. The van der Waals surface area contributed by atoms with E-state index in [4.69, 9.17) is 4.42 Å². The molecule has 21 heavy (non-hydrogen) atoms. The molecule has 1 amide bonds. The van der Waals surface area contributed by atoms with E-state index < -0.39 is 0 Å². The summed E-state index contributed by atoms with van der Waals surface area (Å²) >= 11 is 0. The fraction of sp³-hybridized carbons (Fsp3) is 0.471. The van der Waals surface area contributed by atoms with E-state index in [1.165, 1.54) is 5.56 Å². The van der Waals surface area contributed by atoms with Crippen LogP contribution in [-0.4, -0.2) is 25.5 Å². The third-order valence-electron chi connectivity index (χ3n) is 3.74. The Hall–Kier alpha value is -1.81. The van der Waals surface area contributed by atoms with Gasteiger partial charge in [0.15, 0.2) is 0 Å². The highest BCUT2D eigenvalue weighted by atomic mass is 16.3. The lowest BCUT2D eigenvalue weighted by Crippen LogP contribution is -2.32. The molecule has 0 saturated heterocycles. The van der Waals surface area contributed by atoms with Gasteiger partial charge in [0.25, 0.3) is 0 Å². The summed E-state index contributed by atoms with van der Waals surface area (Å²) in [5.41, 5.74) is 4.19. The summed E-state index contributed by atoms with van der Waals surface area (Å²) < 4.78 is 5.63. The molecule has 0 saturated carbocycles. The molecule has 2 rings (SSSR count). The summed E-state index contributed by atoms with van der Waals surface area (Å²) in [6, 6.07) is 4.11. The molecule has 0 bridgehead atoms. The largest absolute Gasteiger partial charge is 0.464 e. The maximum atomic E-state index is 12.0. The van der Waals surface area contributed by atoms with Crippen molar-refractivity contribution in [2.24, 2.45) is 0 Å². The van der Waals surface area contributed by atoms with E-state index in [0.29, 0.717) is 13.0 Å². The second-order valence-corrected chi connectivity index (χ2v) is 5.42. The Kier molecular flexibility index (Phi) is 5.39. The number of rotatable bonds is 7. The molecule has 0 radical (unpaired) electrons. The number of carbonyl (C=O) groups is 1. The van der Waals surface area contributed by atoms with Crippen LogP contribution < -0.4 is 10.6 Å². The van der Waals surface area contributed by atoms with Gasteiger partial charge in [-0.15, -0.1) is 0 Å². The number of nitrogens with one attached hydrogen (secondary N) is 2. The van der Waals surface area contributed by atoms with Crippen LogP contribution in [-0.2, 0) is 11.2 Å². The fourth-order valence-electron chi connectivity index (χ4n) is 2.35. The Morgan fingerprint density at radius 2 is 2.00 bits per heavy atom. The van der Waals surface area contributed by atoms with Crippen molar-refractivity contribution in [1.29, 1.82) is 0 Å². The topological polar surface area (TPSA) is 54.3 Å². The summed E-state index contributed by atoms with van der Waals surface area (Å²) in [7, 11) is 0. The van der Waals surface area contributed by atoms with Crippen molar-refractivity contribution in [3.8, 4) is 0 Å². The molecule has 1 aromatic heterocycles. The lowest BCUT2D eigenvalue weighted by Gasteiger charge is -2.05. The highest BCUT2D eigenvalue weighted by Crippen LogP contribution is 2.26. The number of hydrogen-bond donors (Lipinski definition) is 2. The Bertz CT molecular complexity index is 617. The SMILES string of the molecule is CCCNCCNC(=O)Cc1coc2c(C)c(C)ccc12. The Balaban J connectivity index is 1.94. The van der Waals surface area contributed by atoms with Crippen molar-refractivity contribution >= 4 is 16.9 Å². The number of aryl methyl sites for hydroxylation is 2. The highest BCUT2D eigenvalue weighted by molar-refractivity contribution is 5.89. The van der Waals surface area contributed by atoms with Crippen molar-refractivity contribution in [3.05, 3.63) is 35.1 Å². The summed E-state index contributed by atoms with van der Waals surface area (Å²) in [5, 5.41) is 7.23. The molecule has 0 atom stereocenters. The van der Waals surface area contributed by atoms with Crippen LogP contribution in [0.2, 0.25) is 0 Å². The minimum absolute atomic E-state index is 0.0363. The first-order valence-electron chi connectivity index (χ1n) is 7.57. The quantitative estimate of drug-likeness (QED) is 0.770. The van der Waals surface area contributed by atoms with Gasteiger partial charge in [-0.25, -0.2) is 0 Å². The summed E-state index contributed by atoms with van der Waals surface area (Å²) in [6.45, 7) is 8.69. The van der Waals surface area contributed by atoms with Crippen LogP contribution >= 0.6 is 0 Å². The molecule has 1 heterocycles. The van der Waals surface area contributed by atoms with Crippen molar-refractivity contribution in [3.63, 3.8) is 0 Å². The maximum Gasteiger partial charge on any atom is 0.224 e. The molecule has 0 aliphatic rings. The molecule has 0 aliphatic heterocycles. The number of furan rings is 1. The number of carbonyl (C=O) groups excluding carboxylic acids is 1. The first kappa shape index (κ1) is 15.6. The molecule has 4 heteroatoms. The van der Waals surface area contributed by atoms with Crippen LogP contribution in [0.15, 0.2) is 22.8 Å². The van der Waals surface area contributed by atoms with E-state index in [2.05, 4.69) is 30.5 Å². The van der Waals surface area contributed by atoms with Crippen molar-refractivity contribution in [1.82, 2.24) is 10.6 Å². The summed E-state index contributed by atoms with van der Waals surface area (Å²) in [5.74, 6) is 0.0363. The molecule has 114 valence electrons. The number of fused-ring (bicyclic) bond motifs is 1. The van der Waals surface area contributed by atoms with E-state index in [1.807, 2.05) is 13.0 Å². The minimum atomic E-state index is 0.0363. The van der Waals surface area contributed by atoms with E-state index in [0.717, 1.165) is 41.6 Å². The zero-order valence-corrected chi connectivity index (χ0v) is 13.1. The van der Waals surface area contributed by atoms with Gasteiger partial charge in [-0.05, 0) is 37.9 Å². The molecule has 0 fully saturated rings. The van der Waals surface area contributed by atoms with Gasteiger partial charge in [0.2, 0.25) is 5.91 Å². The van der Waals surface area contributed by atoms with Gasteiger partial charge in [-0.1, -0.05) is 19.1 Å². The van der Waals surface area contributed by atoms with Crippen molar-refractivity contribution in [2.45, 2.75) is 33.6 Å². The van der Waals surface area contributed by atoms with Gasteiger partial charge < -0.3 is 15.1 Å². The van der Waals surface area contributed by atoms with Gasteiger partial charge >= 0.3 is 0 Å². The number of benzene rings is 1. The van der Waals surface area contributed by atoms with Gasteiger partial charge in [0.1, 0.15) is 5.58 Å². The third-order valence-corrected chi connectivity index (χ3v) is 3.74. The number of amides is 1. The monoisotopic (exact) mass is 288 g/mol. The highest BCUT2D eigenvalue weighted by Gasteiger charge is 2.12. The van der Waals surface area contributed by atoms with Crippen molar-refractivity contribution < 1.29 is 9.21 Å². The molecule has 2 N–H and O–H groups in total. The smallest absolute Gasteiger partial charge is 0.224 e. The van der Waals surface area contributed by atoms with Crippen LogP contribution in [0.1, 0.15) is 30.0 Å².